The number of carboxylic acid groups (broad SMARTS) is 1. The highest BCUT2D eigenvalue weighted by Gasteiger charge is 2.27. The van der Waals surface area contributed by atoms with Gasteiger partial charge in [-0.05, 0) is 70.6 Å². The lowest BCUT2D eigenvalue weighted by Crippen LogP contribution is -2.34. The smallest absolute Gasteiger partial charge is 0.472 e. The number of allylic oxidation sites excluding steroid dienone is 8. The van der Waals surface area contributed by atoms with Crippen LogP contribution in [0.15, 0.2) is 48.6 Å². The summed E-state index contributed by atoms with van der Waals surface area (Å²) < 4.78 is 33.3. The number of carbonyl (C=O) groups excluding carboxylic acids is 1. The highest BCUT2D eigenvalue weighted by atomic mass is 31.2. The fourth-order valence-corrected chi connectivity index (χ4v) is 6.68. The minimum atomic E-state index is -4.62. The number of nitrogens with two attached hydrogens (primary N) is 1. The van der Waals surface area contributed by atoms with E-state index in [9.17, 15) is 19.0 Å². The Balaban J connectivity index is 4.24. The maximum absolute atomic E-state index is 12.6. The molecule has 0 aliphatic rings. The molecule has 0 aromatic carbocycles. The van der Waals surface area contributed by atoms with Gasteiger partial charge in [-0.25, -0.2) is 4.57 Å². The molecule has 0 saturated carbocycles. The SMILES string of the molecule is CC/C=C\C/C=C\C/C=C\CCCCCCCC(=O)OC(COCCCCCCCCCC/C=C\CCCCCCCCC)COP(=O)(O)OCC(N)C(=O)O. The molecule has 3 atom stereocenters. The van der Waals surface area contributed by atoms with Crippen LogP contribution in [0.1, 0.15) is 187 Å². The normalized spacial score (nSPS) is 14.4. The first-order valence-electron chi connectivity index (χ1n) is 22.2. The highest BCUT2D eigenvalue weighted by molar-refractivity contribution is 7.47. The van der Waals surface area contributed by atoms with Crippen molar-refractivity contribution in [3.63, 3.8) is 0 Å². The lowest BCUT2D eigenvalue weighted by molar-refractivity contribution is -0.154. The van der Waals surface area contributed by atoms with Crippen molar-refractivity contribution in [1.29, 1.82) is 0 Å². The number of ether oxygens (including phenoxy) is 2. The van der Waals surface area contributed by atoms with Gasteiger partial charge in [0.1, 0.15) is 12.1 Å². The van der Waals surface area contributed by atoms with Crippen molar-refractivity contribution in [2.45, 2.75) is 199 Å². The van der Waals surface area contributed by atoms with Gasteiger partial charge in [-0.3, -0.25) is 18.6 Å². The molecule has 0 bridgehead atoms. The molecule has 0 saturated heterocycles. The van der Waals surface area contributed by atoms with Gasteiger partial charge in [0.25, 0.3) is 0 Å². The van der Waals surface area contributed by atoms with E-state index in [4.69, 9.17) is 29.4 Å². The monoisotopic (exact) mass is 812 g/mol. The van der Waals surface area contributed by atoms with Gasteiger partial charge in [-0.15, -0.1) is 0 Å². The number of esters is 1. The number of carbonyl (C=O) groups is 2. The average molecular weight is 812 g/mol. The van der Waals surface area contributed by atoms with E-state index in [1.807, 2.05) is 0 Å². The summed E-state index contributed by atoms with van der Waals surface area (Å²) in [4.78, 5) is 33.5. The van der Waals surface area contributed by atoms with Gasteiger partial charge >= 0.3 is 19.8 Å². The summed E-state index contributed by atoms with van der Waals surface area (Å²) in [6.45, 7) is 3.74. The molecule has 0 aliphatic carbocycles. The van der Waals surface area contributed by atoms with Crippen LogP contribution in [0.3, 0.4) is 0 Å². The van der Waals surface area contributed by atoms with E-state index in [0.29, 0.717) is 13.0 Å². The molecule has 3 unspecified atom stereocenters. The summed E-state index contributed by atoms with van der Waals surface area (Å²) in [6.07, 6.45) is 47.3. The van der Waals surface area contributed by atoms with Gasteiger partial charge < -0.3 is 25.2 Å². The standard InChI is InChI=1S/C45H82NO9P/c1-3-5-7-9-11-13-15-17-19-20-21-22-24-26-28-30-32-34-36-38-52-39-42(40-53-56(50,51)54-41-43(46)45(48)49)55-44(47)37-35-33-31-29-27-25-23-18-16-14-12-10-8-6-4-2/h6,8,12,14,18-20,23,42-43H,3-5,7,9-11,13,15-17,21-22,24-41,46H2,1-2H3,(H,48,49)(H,50,51)/b8-6-,14-12-,20-19-,23-18-. The molecule has 0 aromatic rings. The number of hydrogen-bond donors (Lipinski definition) is 3. The molecule has 11 heteroatoms. The molecule has 0 spiro atoms. The molecule has 0 radical (unpaired) electrons. The summed E-state index contributed by atoms with van der Waals surface area (Å²) in [5.41, 5.74) is 5.35. The van der Waals surface area contributed by atoms with Crippen LogP contribution in [0.4, 0.5) is 0 Å². The molecule has 0 rings (SSSR count). The Morgan fingerprint density at radius 2 is 1.04 bits per heavy atom. The number of rotatable bonds is 42. The maximum Gasteiger partial charge on any atom is 0.472 e. The number of phosphoric acid groups is 1. The van der Waals surface area contributed by atoms with Crippen LogP contribution in [0.5, 0.6) is 0 Å². The van der Waals surface area contributed by atoms with Gasteiger partial charge in [-0.1, -0.05) is 159 Å². The fourth-order valence-electron chi connectivity index (χ4n) is 5.91. The van der Waals surface area contributed by atoms with Crippen LogP contribution in [-0.2, 0) is 32.7 Å². The second kappa shape index (κ2) is 41.1. The first kappa shape index (κ1) is 53.9. The zero-order chi connectivity index (χ0) is 41.2. The Labute approximate surface area is 341 Å². The van der Waals surface area contributed by atoms with Crippen molar-refractivity contribution in [1.82, 2.24) is 0 Å². The second-order valence-corrected chi connectivity index (χ2v) is 16.2. The van der Waals surface area contributed by atoms with Crippen LogP contribution in [0, 0.1) is 0 Å². The van der Waals surface area contributed by atoms with Crippen molar-refractivity contribution in [2.24, 2.45) is 5.73 Å². The third-order valence-electron chi connectivity index (χ3n) is 9.34. The topological polar surface area (TPSA) is 155 Å². The molecule has 10 nitrogen and oxygen atoms in total. The predicted molar refractivity (Wildman–Crippen MR) is 231 cm³/mol. The van der Waals surface area contributed by atoms with E-state index in [2.05, 4.69) is 62.5 Å². The quantitative estimate of drug-likeness (QED) is 0.0235. The van der Waals surface area contributed by atoms with Crippen LogP contribution < -0.4 is 5.73 Å². The molecular weight excluding hydrogens is 729 g/mol. The molecule has 0 fully saturated rings. The Kier molecular flexibility index (Phi) is 39.6. The molecule has 0 heterocycles. The van der Waals surface area contributed by atoms with Crippen molar-refractivity contribution in [3.8, 4) is 0 Å². The Bertz CT molecular complexity index is 1080. The molecule has 326 valence electrons. The fraction of sp³-hybridized carbons (Fsp3) is 0.778. The maximum atomic E-state index is 12.6. The van der Waals surface area contributed by atoms with E-state index in [-0.39, 0.29) is 13.0 Å². The summed E-state index contributed by atoms with van der Waals surface area (Å²) in [7, 11) is -4.62. The third kappa shape index (κ3) is 40.1. The zero-order valence-electron chi connectivity index (χ0n) is 35.5. The number of aliphatic carboxylic acids is 1. The molecular formula is C45H82NO9P. The summed E-state index contributed by atoms with van der Waals surface area (Å²) in [6, 6.07) is -1.48. The van der Waals surface area contributed by atoms with Gasteiger partial charge in [0.05, 0.1) is 19.8 Å². The Hall–Kier alpha value is -2.07. The van der Waals surface area contributed by atoms with Gasteiger partial charge in [-0.2, -0.15) is 0 Å². The summed E-state index contributed by atoms with van der Waals surface area (Å²) >= 11 is 0. The zero-order valence-corrected chi connectivity index (χ0v) is 36.4. The van der Waals surface area contributed by atoms with Gasteiger partial charge in [0.15, 0.2) is 0 Å². The van der Waals surface area contributed by atoms with Gasteiger partial charge in [0.2, 0.25) is 0 Å². The predicted octanol–water partition coefficient (Wildman–Crippen LogP) is 12.3. The minimum absolute atomic E-state index is 0.00703. The van der Waals surface area contributed by atoms with Crippen molar-refractivity contribution in [2.75, 3.05) is 26.4 Å². The van der Waals surface area contributed by atoms with E-state index in [1.165, 1.54) is 89.9 Å². The first-order chi connectivity index (χ1) is 27.2. The largest absolute Gasteiger partial charge is 0.480 e. The van der Waals surface area contributed by atoms with Crippen molar-refractivity contribution < 1.29 is 42.7 Å². The summed E-state index contributed by atoms with van der Waals surface area (Å²) in [5, 5.41) is 8.90. The van der Waals surface area contributed by atoms with E-state index < -0.39 is 45.1 Å². The average Bonchev–Trinajstić information content (AvgIpc) is 3.18. The molecule has 0 aliphatic heterocycles. The molecule has 0 aromatic heterocycles. The van der Waals surface area contributed by atoms with Crippen LogP contribution in [0.25, 0.3) is 0 Å². The van der Waals surface area contributed by atoms with Crippen LogP contribution >= 0.6 is 7.82 Å². The van der Waals surface area contributed by atoms with Gasteiger partial charge in [0, 0.05) is 13.0 Å². The lowest BCUT2D eigenvalue weighted by atomic mass is 10.1. The minimum Gasteiger partial charge on any atom is -0.480 e. The second-order valence-electron chi connectivity index (χ2n) is 14.8. The number of carboxylic acids is 1. The highest BCUT2D eigenvalue weighted by Crippen LogP contribution is 2.43. The third-order valence-corrected chi connectivity index (χ3v) is 10.3. The Morgan fingerprint density at radius 3 is 1.57 bits per heavy atom. The van der Waals surface area contributed by atoms with E-state index in [1.54, 1.807) is 0 Å². The molecule has 4 N–H and O–H groups in total. The Morgan fingerprint density at radius 1 is 0.589 bits per heavy atom. The lowest BCUT2D eigenvalue weighted by Gasteiger charge is -2.20. The van der Waals surface area contributed by atoms with E-state index in [0.717, 1.165) is 70.6 Å². The first-order valence-corrected chi connectivity index (χ1v) is 23.7. The van der Waals surface area contributed by atoms with Crippen LogP contribution in [-0.4, -0.2) is 60.5 Å². The van der Waals surface area contributed by atoms with Crippen molar-refractivity contribution >= 4 is 19.8 Å². The number of unbranched alkanes of at least 4 members (excludes halogenated alkanes) is 20. The molecule has 56 heavy (non-hydrogen) atoms. The molecule has 0 amide bonds. The number of phosphoric ester groups is 1. The van der Waals surface area contributed by atoms with E-state index >= 15 is 0 Å². The summed E-state index contributed by atoms with van der Waals surface area (Å²) in [5.74, 6) is -1.80. The van der Waals surface area contributed by atoms with Crippen LogP contribution in [0.2, 0.25) is 0 Å². The number of hydrogen-bond acceptors (Lipinski definition) is 8. The van der Waals surface area contributed by atoms with Crippen molar-refractivity contribution in [3.05, 3.63) is 48.6 Å².